The summed E-state index contributed by atoms with van der Waals surface area (Å²) in [7, 11) is 3.44. The minimum atomic E-state index is -0.355. The lowest BCUT2D eigenvalue weighted by atomic mass is 10.0. The Labute approximate surface area is 133 Å². The Morgan fingerprint density at radius 1 is 1.45 bits per heavy atom. The molecule has 7 heteroatoms. The minimum absolute atomic E-state index is 0.0237. The number of pyridine rings is 1. The molecule has 1 aromatic heterocycles. The lowest BCUT2D eigenvalue weighted by Crippen LogP contribution is -2.43. The average molecular weight is 319 g/mol. The number of urea groups is 1. The Bertz CT molecular complexity index is 692. The van der Waals surface area contributed by atoms with Crippen molar-refractivity contribution in [1.82, 2.24) is 14.8 Å². The molecule has 2 atom stereocenters. The van der Waals surface area contributed by atoms with Crippen molar-refractivity contribution in [3.05, 3.63) is 29.0 Å². The highest BCUT2D eigenvalue weighted by molar-refractivity contribution is 6.29. The zero-order valence-electron chi connectivity index (χ0n) is 12.3. The number of carbonyl (C=O) groups excluding carboxylic acids is 1. The van der Waals surface area contributed by atoms with Crippen LogP contribution in [0.3, 0.4) is 0 Å². The van der Waals surface area contributed by atoms with Crippen molar-refractivity contribution in [2.75, 3.05) is 20.6 Å². The quantitative estimate of drug-likeness (QED) is 0.541. The second-order valence-corrected chi connectivity index (χ2v) is 5.72. The van der Waals surface area contributed by atoms with Gasteiger partial charge < -0.3 is 9.74 Å². The maximum atomic E-state index is 12.1. The molecule has 6 nitrogen and oxygen atoms in total. The fraction of sp³-hybridized carbons (Fsp3) is 0.400. The number of hydrogen-bond acceptors (Lipinski definition) is 4. The number of amides is 2. The van der Waals surface area contributed by atoms with Crippen LogP contribution in [0.25, 0.3) is 0 Å². The number of aromatic nitrogens is 1. The van der Waals surface area contributed by atoms with Gasteiger partial charge >= 0.3 is 6.03 Å². The van der Waals surface area contributed by atoms with E-state index >= 15 is 0 Å². The van der Waals surface area contributed by atoms with Gasteiger partial charge in [-0.05, 0) is 30.4 Å². The van der Waals surface area contributed by atoms with E-state index in [4.69, 9.17) is 16.4 Å². The van der Waals surface area contributed by atoms with Gasteiger partial charge in [-0.2, -0.15) is 0 Å². The molecule has 114 valence electrons. The molecule has 0 aliphatic carbocycles. The fourth-order valence-corrected chi connectivity index (χ4v) is 2.69. The van der Waals surface area contributed by atoms with E-state index in [1.165, 1.54) is 4.90 Å². The first-order chi connectivity index (χ1) is 10.6. The van der Waals surface area contributed by atoms with Crippen LogP contribution in [-0.2, 0) is 4.84 Å². The Kier molecular flexibility index (Phi) is 3.90. The summed E-state index contributed by atoms with van der Waals surface area (Å²) in [6.45, 7) is 0.641. The first-order valence-electron chi connectivity index (χ1n) is 6.92. The molecule has 0 spiro atoms. The molecular weight excluding hydrogens is 304 g/mol. The molecule has 2 aliphatic rings. The standard InChI is InChI=1S/C15H15ClN4O2/c1-19(2)15(21)20-9-8-11-12(18-22-14(11)20)7-6-10-4-3-5-13(16)17-10/h3-5,11,14H,8-9H2,1-2H3. The van der Waals surface area contributed by atoms with Crippen LogP contribution in [0.4, 0.5) is 4.79 Å². The van der Waals surface area contributed by atoms with E-state index in [0.29, 0.717) is 23.1 Å². The van der Waals surface area contributed by atoms with E-state index in [1.807, 2.05) is 0 Å². The third kappa shape index (κ3) is 2.72. The van der Waals surface area contributed by atoms with Gasteiger partial charge in [0.15, 0.2) is 0 Å². The summed E-state index contributed by atoms with van der Waals surface area (Å²) in [4.78, 5) is 24.8. The van der Waals surface area contributed by atoms with Crippen LogP contribution >= 0.6 is 11.6 Å². The highest BCUT2D eigenvalue weighted by Crippen LogP contribution is 2.31. The van der Waals surface area contributed by atoms with Crippen molar-refractivity contribution in [3.8, 4) is 11.8 Å². The highest BCUT2D eigenvalue weighted by Gasteiger charge is 2.45. The van der Waals surface area contributed by atoms with Crippen molar-refractivity contribution in [3.63, 3.8) is 0 Å². The molecule has 2 amide bonds. The molecule has 1 aromatic rings. The molecule has 3 heterocycles. The van der Waals surface area contributed by atoms with Gasteiger partial charge in [0.2, 0.25) is 6.23 Å². The van der Waals surface area contributed by atoms with E-state index in [2.05, 4.69) is 22.0 Å². The van der Waals surface area contributed by atoms with Gasteiger partial charge in [0, 0.05) is 20.6 Å². The lowest BCUT2D eigenvalue weighted by Gasteiger charge is -2.25. The Hall–Kier alpha value is -2.26. The predicted molar refractivity (Wildman–Crippen MR) is 82.3 cm³/mol. The number of oxime groups is 1. The van der Waals surface area contributed by atoms with Crippen molar-refractivity contribution >= 4 is 23.3 Å². The molecule has 1 fully saturated rings. The summed E-state index contributed by atoms with van der Waals surface area (Å²) in [5.74, 6) is 5.95. The summed E-state index contributed by atoms with van der Waals surface area (Å²) >= 11 is 5.83. The van der Waals surface area contributed by atoms with Gasteiger partial charge in [0.05, 0.1) is 5.92 Å². The summed E-state index contributed by atoms with van der Waals surface area (Å²) < 4.78 is 0. The van der Waals surface area contributed by atoms with Crippen molar-refractivity contribution in [2.45, 2.75) is 12.6 Å². The van der Waals surface area contributed by atoms with E-state index in [0.717, 1.165) is 6.42 Å². The summed E-state index contributed by atoms with van der Waals surface area (Å²) in [5, 5.41) is 4.42. The predicted octanol–water partition coefficient (Wildman–Crippen LogP) is 1.80. The Morgan fingerprint density at radius 3 is 3.00 bits per heavy atom. The molecule has 2 aliphatic heterocycles. The number of likely N-dealkylation sites (tertiary alicyclic amines) is 1. The summed E-state index contributed by atoms with van der Waals surface area (Å²) in [5.41, 5.74) is 1.23. The summed E-state index contributed by atoms with van der Waals surface area (Å²) in [6.07, 6.45) is 0.437. The highest BCUT2D eigenvalue weighted by atomic mass is 35.5. The zero-order chi connectivity index (χ0) is 15.7. The Morgan fingerprint density at radius 2 is 2.27 bits per heavy atom. The molecule has 2 unspecified atom stereocenters. The monoisotopic (exact) mass is 318 g/mol. The SMILES string of the molecule is CN(C)C(=O)N1CCC2C(C#Cc3cccc(Cl)n3)=NOC21. The molecule has 3 rings (SSSR count). The van der Waals surface area contributed by atoms with Crippen LogP contribution in [0.15, 0.2) is 23.4 Å². The maximum absolute atomic E-state index is 12.1. The first kappa shape index (κ1) is 14.7. The van der Waals surface area contributed by atoms with Gasteiger partial charge in [-0.15, -0.1) is 0 Å². The topological polar surface area (TPSA) is 58.0 Å². The maximum Gasteiger partial charge on any atom is 0.322 e. The van der Waals surface area contributed by atoms with Crippen LogP contribution in [-0.4, -0.2) is 53.4 Å². The second kappa shape index (κ2) is 5.85. The summed E-state index contributed by atoms with van der Waals surface area (Å²) in [6, 6.07) is 5.19. The largest absolute Gasteiger partial charge is 0.369 e. The molecule has 0 aromatic carbocycles. The molecule has 0 N–H and O–H groups in total. The number of halogens is 1. The van der Waals surface area contributed by atoms with E-state index in [-0.39, 0.29) is 18.2 Å². The minimum Gasteiger partial charge on any atom is -0.369 e. The van der Waals surface area contributed by atoms with Crippen LogP contribution in [0, 0.1) is 17.8 Å². The molecule has 0 radical (unpaired) electrons. The second-order valence-electron chi connectivity index (χ2n) is 5.33. The molecule has 0 bridgehead atoms. The molecule has 22 heavy (non-hydrogen) atoms. The fourth-order valence-electron chi connectivity index (χ4n) is 2.53. The molecule has 0 saturated carbocycles. The molecule has 1 saturated heterocycles. The number of carbonyl (C=O) groups is 1. The Balaban J connectivity index is 1.73. The van der Waals surface area contributed by atoms with Gasteiger partial charge in [-0.3, -0.25) is 4.90 Å². The smallest absolute Gasteiger partial charge is 0.322 e. The number of fused-ring (bicyclic) bond motifs is 1. The van der Waals surface area contributed by atoms with Gasteiger partial charge in [0.1, 0.15) is 16.6 Å². The van der Waals surface area contributed by atoms with Crippen LogP contribution in [0.2, 0.25) is 5.15 Å². The van der Waals surface area contributed by atoms with Crippen molar-refractivity contribution in [2.24, 2.45) is 11.1 Å². The lowest BCUT2D eigenvalue weighted by molar-refractivity contribution is -0.0113. The van der Waals surface area contributed by atoms with Crippen molar-refractivity contribution in [1.29, 1.82) is 0 Å². The van der Waals surface area contributed by atoms with Crippen LogP contribution in [0.1, 0.15) is 12.1 Å². The number of nitrogens with zero attached hydrogens (tertiary/aromatic N) is 4. The van der Waals surface area contributed by atoms with Crippen LogP contribution < -0.4 is 0 Å². The number of hydrogen-bond donors (Lipinski definition) is 0. The normalized spacial score (nSPS) is 22.3. The molecular formula is C15H15ClN4O2. The van der Waals surface area contributed by atoms with Gasteiger partial charge in [-0.1, -0.05) is 22.8 Å². The zero-order valence-corrected chi connectivity index (χ0v) is 13.0. The van der Waals surface area contributed by atoms with Gasteiger partial charge in [-0.25, -0.2) is 9.78 Å². The van der Waals surface area contributed by atoms with Crippen LogP contribution in [0.5, 0.6) is 0 Å². The average Bonchev–Trinajstić information content (AvgIpc) is 3.06. The van der Waals surface area contributed by atoms with E-state index in [9.17, 15) is 4.79 Å². The third-order valence-electron chi connectivity index (χ3n) is 3.60. The van der Waals surface area contributed by atoms with Gasteiger partial charge in [0.25, 0.3) is 0 Å². The first-order valence-corrected chi connectivity index (χ1v) is 7.30. The third-order valence-corrected chi connectivity index (χ3v) is 3.82. The van der Waals surface area contributed by atoms with Crippen molar-refractivity contribution < 1.29 is 9.63 Å². The van der Waals surface area contributed by atoms with E-state index in [1.54, 1.807) is 37.2 Å². The van der Waals surface area contributed by atoms with E-state index < -0.39 is 0 Å². The number of rotatable bonds is 0.